The van der Waals surface area contributed by atoms with Gasteiger partial charge in [0.2, 0.25) is 0 Å². The molecule has 0 bridgehead atoms. The summed E-state index contributed by atoms with van der Waals surface area (Å²) in [6.45, 7) is 0. The second-order valence-electron chi connectivity index (χ2n) is 9.76. The fourth-order valence-corrected chi connectivity index (χ4v) is 7.34. The van der Waals surface area contributed by atoms with E-state index in [0.29, 0.717) is 23.7 Å². The van der Waals surface area contributed by atoms with Crippen molar-refractivity contribution in [1.82, 2.24) is 0 Å². The zero-order valence-corrected chi connectivity index (χ0v) is 24.0. The molecule has 5 atom stereocenters. The number of hydrogen-bond donors (Lipinski definition) is 0. The molecule has 36 heavy (non-hydrogen) atoms. The second-order valence-corrected chi connectivity index (χ2v) is 9.76. The number of halogens is 3. The molecule has 2 fully saturated rings. The van der Waals surface area contributed by atoms with Gasteiger partial charge in [0.15, 0.2) is 0 Å². The third kappa shape index (κ3) is 5.05. The molecule has 6 rings (SSSR count). The summed E-state index contributed by atoms with van der Waals surface area (Å²) in [5.74, 6) is 3.04. The Kier molecular flexibility index (Phi) is 11.6. The number of hydrogen-bond acceptors (Lipinski definition) is 0. The molecule has 0 nitrogen and oxygen atoms in total. The summed E-state index contributed by atoms with van der Waals surface area (Å²) in [5, 5.41) is 0. The minimum Gasteiger partial charge on any atom is -1.00 e. The van der Waals surface area contributed by atoms with Gasteiger partial charge in [-0.25, -0.2) is 0 Å². The second kappa shape index (κ2) is 13.5. The molecular weight excluding hydrogens is 539 g/mol. The Balaban J connectivity index is 0.00000114. The van der Waals surface area contributed by atoms with Crippen LogP contribution in [0.25, 0.3) is 0 Å². The van der Waals surface area contributed by atoms with E-state index in [0.717, 1.165) is 5.92 Å². The Labute approximate surface area is 250 Å². The van der Waals surface area contributed by atoms with E-state index in [9.17, 15) is 0 Å². The molecule has 2 saturated carbocycles. The van der Waals surface area contributed by atoms with Gasteiger partial charge in [-0.15, -0.1) is 0 Å². The minimum atomic E-state index is -0.185. The fourth-order valence-electron chi connectivity index (χ4n) is 7.34. The molecule has 3 aliphatic carbocycles. The van der Waals surface area contributed by atoms with Crippen LogP contribution in [0, 0.1) is 36.0 Å². The standard InChI is InChI=1S/C32H31.3ClH.Ti/c1-4-14-24(15-5-1)32(25-16-6-2-7-17-25,26-18-8-3-9-19-26)31-29-22-12-10-20-27(29)28-21-11-13-23-30(28)31;;;;/h1-10,12,14-20,22-23,27-31H,11,13,21H2;3*1H;/q-1;;;;+4/p-3. The summed E-state index contributed by atoms with van der Waals surface area (Å²) in [6, 6.07) is 34.0. The molecular formula is C32H31Cl3Ti. The summed E-state index contributed by atoms with van der Waals surface area (Å²) in [7, 11) is 0. The van der Waals surface area contributed by atoms with E-state index in [1.807, 2.05) is 0 Å². The van der Waals surface area contributed by atoms with Crippen LogP contribution < -0.4 is 37.2 Å². The first-order chi connectivity index (χ1) is 15.9. The van der Waals surface area contributed by atoms with Crippen molar-refractivity contribution in [2.75, 3.05) is 0 Å². The van der Waals surface area contributed by atoms with Crippen LogP contribution in [0.5, 0.6) is 0 Å². The molecule has 4 heteroatoms. The van der Waals surface area contributed by atoms with Gasteiger partial charge in [-0.05, 0) is 34.4 Å². The molecule has 184 valence electrons. The van der Waals surface area contributed by atoms with Crippen molar-refractivity contribution in [3.8, 4) is 0 Å². The van der Waals surface area contributed by atoms with Crippen molar-refractivity contribution in [3.05, 3.63) is 138 Å². The van der Waals surface area contributed by atoms with Gasteiger partial charge in [-0.2, -0.15) is 12.3 Å². The SMILES string of the molecule is C1=CC2C(C=C1)C(C(c1ccccc1)(c1ccccc1)c1ccccc1)C1[CH-]CCCC21.[Cl-].[Cl-].[Cl-].[Ti+4]. The Morgan fingerprint density at radius 3 is 1.53 bits per heavy atom. The van der Waals surface area contributed by atoms with Gasteiger partial charge in [0.05, 0.1) is 0 Å². The Morgan fingerprint density at radius 1 is 0.611 bits per heavy atom. The zero-order valence-electron chi connectivity index (χ0n) is 20.2. The maximum atomic E-state index is 2.70. The number of rotatable bonds is 4. The van der Waals surface area contributed by atoms with Gasteiger partial charge >= 0.3 is 21.7 Å². The van der Waals surface area contributed by atoms with Crippen molar-refractivity contribution in [2.24, 2.45) is 29.6 Å². The Morgan fingerprint density at radius 2 is 1.06 bits per heavy atom. The van der Waals surface area contributed by atoms with Crippen LogP contribution in [0.3, 0.4) is 0 Å². The predicted molar refractivity (Wildman–Crippen MR) is 133 cm³/mol. The Bertz CT molecular complexity index is 1020. The first-order valence-electron chi connectivity index (χ1n) is 12.3. The summed E-state index contributed by atoms with van der Waals surface area (Å²) in [6.07, 6.45) is 16.3. The maximum absolute atomic E-state index is 2.70. The topological polar surface area (TPSA) is 0 Å². The van der Waals surface area contributed by atoms with E-state index >= 15 is 0 Å². The molecule has 0 N–H and O–H groups in total. The molecule has 0 amide bonds. The molecule has 0 saturated heterocycles. The average Bonchev–Trinajstić information content (AvgIpc) is 3.22. The summed E-state index contributed by atoms with van der Waals surface area (Å²) < 4.78 is 0. The van der Waals surface area contributed by atoms with Crippen LogP contribution >= 0.6 is 0 Å². The Hall–Kier alpha value is -1.28. The summed E-state index contributed by atoms with van der Waals surface area (Å²) in [4.78, 5) is 0. The van der Waals surface area contributed by atoms with Gasteiger partial charge in [0.1, 0.15) is 0 Å². The number of benzene rings is 3. The van der Waals surface area contributed by atoms with E-state index in [2.05, 4.69) is 122 Å². The van der Waals surface area contributed by atoms with Crippen LogP contribution in [-0.2, 0) is 27.1 Å². The molecule has 0 heterocycles. The van der Waals surface area contributed by atoms with E-state index in [1.54, 1.807) is 0 Å². The third-order valence-electron chi connectivity index (χ3n) is 8.41. The average molecular weight is 570 g/mol. The normalized spacial score (nSPS) is 25.6. The predicted octanol–water partition coefficient (Wildman–Crippen LogP) is -1.36. The third-order valence-corrected chi connectivity index (χ3v) is 8.41. The van der Waals surface area contributed by atoms with Crippen LogP contribution in [-0.4, -0.2) is 0 Å². The molecule has 3 aromatic rings. The van der Waals surface area contributed by atoms with Crippen molar-refractivity contribution < 1.29 is 58.9 Å². The van der Waals surface area contributed by atoms with Crippen molar-refractivity contribution in [1.29, 1.82) is 0 Å². The summed E-state index contributed by atoms with van der Waals surface area (Å²) in [5.41, 5.74) is 4.08. The zero-order chi connectivity index (χ0) is 21.4. The van der Waals surface area contributed by atoms with Crippen molar-refractivity contribution >= 4 is 0 Å². The van der Waals surface area contributed by atoms with Crippen LogP contribution in [0.4, 0.5) is 0 Å². The minimum absolute atomic E-state index is 0. The molecule has 0 aliphatic heterocycles. The summed E-state index contributed by atoms with van der Waals surface area (Å²) >= 11 is 0. The van der Waals surface area contributed by atoms with Gasteiger partial charge < -0.3 is 43.6 Å². The number of fused-ring (bicyclic) bond motifs is 3. The van der Waals surface area contributed by atoms with Crippen LogP contribution in [0.15, 0.2) is 115 Å². The van der Waals surface area contributed by atoms with E-state index < -0.39 is 0 Å². The van der Waals surface area contributed by atoms with E-state index in [4.69, 9.17) is 0 Å². The maximum Gasteiger partial charge on any atom is 4.00 e. The first kappa shape index (κ1) is 30.9. The molecule has 5 unspecified atom stereocenters. The van der Waals surface area contributed by atoms with Crippen molar-refractivity contribution in [3.63, 3.8) is 0 Å². The van der Waals surface area contributed by atoms with Crippen molar-refractivity contribution in [2.45, 2.75) is 24.7 Å². The number of allylic oxidation sites excluding steroid dienone is 4. The largest absolute Gasteiger partial charge is 4.00 e. The molecule has 3 aliphatic rings. The molecule has 3 aromatic carbocycles. The van der Waals surface area contributed by atoms with Gasteiger partial charge in [-0.3, -0.25) is 0 Å². The van der Waals surface area contributed by atoms with E-state index in [-0.39, 0.29) is 64.4 Å². The smallest absolute Gasteiger partial charge is 1.00 e. The van der Waals surface area contributed by atoms with Crippen LogP contribution in [0.1, 0.15) is 36.0 Å². The van der Waals surface area contributed by atoms with Gasteiger partial charge in [0, 0.05) is 5.41 Å². The quantitative estimate of drug-likeness (QED) is 0.207. The fraction of sp³-hybridized carbons (Fsp3) is 0.281. The first-order valence-corrected chi connectivity index (χ1v) is 12.3. The van der Waals surface area contributed by atoms with Gasteiger partial charge in [-0.1, -0.05) is 134 Å². The molecule has 0 spiro atoms. The molecule has 0 aromatic heterocycles. The monoisotopic (exact) mass is 568 g/mol. The van der Waals surface area contributed by atoms with Crippen LogP contribution in [0.2, 0.25) is 0 Å². The molecule has 0 radical (unpaired) electrons. The van der Waals surface area contributed by atoms with E-state index in [1.165, 1.54) is 36.0 Å². The van der Waals surface area contributed by atoms with Gasteiger partial charge in [0.25, 0.3) is 0 Å².